The molecule has 3 nitrogen and oxygen atoms in total. The summed E-state index contributed by atoms with van der Waals surface area (Å²) in [6.45, 7) is 0.423. The van der Waals surface area contributed by atoms with Crippen molar-refractivity contribution >= 4 is 5.91 Å². The Balaban J connectivity index is 2.43. The minimum Gasteiger partial charge on any atom is -0.345 e. The highest BCUT2D eigenvalue weighted by Crippen LogP contribution is 2.09. The average Bonchev–Trinajstić information content (AvgIpc) is 2.34. The number of carbonyl (C=O) groups is 1. The van der Waals surface area contributed by atoms with Gasteiger partial charge in [0.25, 0.3) is 0 Å². The van der Waals surface area contributed by atoms with Gasteiger partial charge in [0.15, 0.2) is 0 Å². The molecular formula is C13H15FN2O. The van der Waals surface area contributed by atoms with Crippen LogP contribution in [0.15, 0.2) is 24.3 Å². The number of hydrogen-bond acceptors (Lipinski definition) is 2. The predicted octanol–water partition coefficient (Wildman–Crippen LogP) is 2.13. The Morgan fingerprint density at radius 3 is 2.82 bits per heavy atom. The van der Waals surface area contributed by atoms with Crippen molar-refractivity contribution in [3.05, 3.63) is 35.6 Å². The molecule has 0 aliphatic rings. The number of hydrogen-bond donors (Lipinski definition) is 0. The van der Waals surface area contributed by atoms with Crippen LogP contribution < -0.4 is 0 Å². The van der Waals surface area contributed by atoms with Crippen LogP contribution in [0.5, 0.6) is 0 Å². The molecule has 1 aromatic carbocycles. The number of nitrogens with zero attached hydrogens (tertiary/aromatic N) is 2. The number of rotatable bonds is 5. The van der Waals surface area contributed by atoms with E-state index in [4.69, 9.17) is 5.26 Å². The summed E-state index contributed by atoms with van der Waals surface area (Å²) in [5, 5.41) is 8.40. The fourth-order valence-corrected chi connectivity index (χ4v) is 1.48. The van der Waals surface area contributed by atoms with Crippen LogP contribution in [0.4, 0.5) is 4.39 Å². The maximum Gasteiger partial charge on any atom is 0.222 e. The zero-order valence-corrected chi connectivity index (χ0v) is 9.82. The van der Waals surface area contributed by atoms with Crippen LogP contribution in [-0.4, -0.2) is 24.4 Å². The Morgan fingerprint density at radius 1 is 1.47 bits per heavy atom. The first-order valence-corrected chi connectivity index (χ1v) is 5.49. The average molecular weight is 234 g/mol. The molecule has 1 rings (SSSR count). The maximum atomic E-state index is 13.3. The number of halogens is 1. The summed E-state index contributed by atoms with van der Waals surface area (Å²) in [7, 11) is 1.65. The summed E-state index contributed by atoms with van der Waals surface area (Å²) >= 11 is 0. The van der Waals surface area contributed by atoms with Crippen molar-refractivity contribution in [1.82, 2.24) is 4.90 Å². The quantitative estimate of drug-likeness (QED) is 0.783. The van der Waals surface area contributed by atoms with Crippen LogP contribution in [0, 0.1) is 17.1 Å². The Labute approximate surface area is 100 Å². The molecular weight excluding hydrogens is 219 g/mol. The molecule has 0 heterocycles. The largest absolute Gasteiger partial charge is 0.345 e. The minimum absolute atomic E-state index is 0.0662. The summed E-state index contributed by atoms with van der Waals surface area (Å²) in [6, 6.07) is 8.43. The van der Waals surface area contributed by atoms with Crippen molar-refractivity contribution < 1.29 is 9.18 Å². The highest BCUT2D eigenvalue weighted by atomic mass is 19.1. The van der Waals surface area contributed by atoms with Gasteiger partial charge < -0.3 is 4.90 Å². The molecule has 0 aliphatic carbocycles. The zero-order chi connectivity index (χ0) is 12.7. The molecule has 0 bridgehead atoms. The molecule has 0 saturated heterocycles. The van der Waals surface area contributed by atoms with Gasteiger partial charge in [0, 0.05) is 20.0 Å². The van der Waals surface area contributed by atoms with Gasteiger partial charge in [-0.05, 0) is 18.1 Å². The van der Waals surface area contributed by atoms with Crippen LogP contribution in [0.25, 0.3) is 0 Å². The van der Waals surface area contributed by atoms with Crippen molar-refractivity contribution in [1.29, 1.82) is 5.26 Å². The second-order valence-corrected chi connectivity index (χ2v) is 3.81. The van der Waals surface area contributed by atoms with Crippen molar-refractivity contribution in [2.75, 3.05) is 13.6 Å². The van der Waals surface area contributed by atoms with Gasteiger partial charge in [0.05, 0.1) is 12.5 Å². The Hall–Kier alpha value is -1.89. The lowest BCUT2D eigenvalue weighted by atomic mass is 10.1. The van der Waals surface area contributed by atoms with E-state index in [0.717, 1.165) is 0 Å². The van der Waals surface area contributed by atoms with Gasteiger partial charge in [0.2, 0.25) is 5.91 Å². The standard InChI is InChI=1S/C13H15FN2O/c1-16(10-4-9-15)13(17)8-7-11-5-2-3-6-12(11)14/h2-3,5-6H,4,7-8,10H2,1H3. The third-order valence-electron chi connectivity index (χ3n) is 2.55. The second kappa shape index (κ2) is 6.64. The molecule has 0 saturated carbocycles. The minimum atomic E-state index is -0.278. The van der Waals surface area contributed by atoms with Gasteiger partial charge in [-0.3, -0.25) is 4.79 Å². The first-order valence-electron chi connectivity index (χ1n) is 5.49. The third-order valence-corrected chi connectivity index (χ3v) is 2.55. The van der Waals surface area contributed by atoms with Crippen molar-refractivity contribution in [2.24, 2.45) is 0 Å². The number of nitriles is 1. The van der Waals surface area contributed by atoms with Gasteiger partial charge in [0.1, 0.15) is 5.82 Å². The van der Waals surface area contributed by atoms with Crippen LogP contribution >= 0.6 is 0 Å². The van der Waals surface area contributed by atoms with Crippen LogP contribution in [-0.2, 0) is 11.2 Å². The summed E-state index contributed by atoms with van der Waals surface area (Å²) in [5.41, 5.74) is 0.550. The first-order chi connectivity index (χ1) is 8.15. The van der Waals surface area contributed by atoms with Crippen molar-refractivity contribution in [3.8, 4) is 6.07 Å². The topological polar surface area (TPSA) is 44.1 Å². The van der Waals surface area contributed by atoms with Crippen LogP contribution in [0.2, 0.25) is 0 Å². The van der Waals surface area contributed by atoms with Gasteiger partial charge >= 0.3 is 0 Å². The lowest BCUT2D eigenvalue weighted by Crippen LogP contribution is -2.27. The molecule has 0 radical (unpaired) electrons. The Kier molecular flexibility index (Phi) is 5.15. The van der Waals surface area contributed by atoms with E-state index in [2.05, 4.69) is 0 Å². The fraction of sp³-hybridized carbons (Fsp3) is 0.385. The molecule has 1 amide bonds. The van der Waals surface area contributed by atoms with E-state index in [0.29, 0.717) is 24.9 Å². The summed E-state index contributed by atoms with van der Waals surface area (Å²) < 4.78 is 13.3. The zero-order valence-electron chi connectivity index (χ0n) is 9.82. The number of benzene rings is 1. The first kappa shape index (κ1) is 13.2. The molecule has 0 unspecified atom stereocenters. The Morgan fingerprint density at radius 2 is 2.18 bits per heavy atom. The normalized spacial score (nSPS) is 9.71. The SMILES string of the molecule is CN(CCC#N)C(=O)CCc1ccccc1F. The van der Waals surface area contributed by atoms with Crippen LogP contribution in [0.1, 0.15) is 18.4 Å². The molecule has 90 valence electrons. The molecule has 0 fully saturated rings. The molecule has 0 aliphatic heterocycles. The molecule has 1 aromatic rings. The highest BCUT2D eigenvalue weighted by molar-refractivity contribution is 5.76. The molecule has 0 aromatic heterocycles. The van der Waals surface area contributed by atoms with E-state index in [9.17, 15) is 9.18 Å². The van der Waals surface area contributed by atoms with E-state index in [1.807, 2.05) is 6.07 Å². The molecule has 4 heteroatoms. The van der Waals surface area contributed by atoms with E-state index >= 15 is 0 Å². The second-order valence-electron chi connectivity index (χ2n) is 3.81. The van der Waals surface area contributed by atoms with E-state index < -0.39 is 0 Å². The molecule has 0 N–H and O–H groups in total. The van der Waals surface area contributed by atoms with E-state index in [1.54, 1.807) is 25.2 Å². The molecule has 17 heavy (non-hydrogen) atoms. The van der Waals surface area contributed by atoms with Gasteiger partial charge in [-0.25, -0.2) is 4.39 Å². The number of carbonyl (C=O) groups excluding carboxylic acids is 1. The smallest absolute Gasteiger partial charge is 0.222 e. The number of amides is 1. The molecule has 0 atom stereocenters. The highest BCUT2D eigenvalue weighted by Gasteiger charge is 2.09. The monoisotopic (exact) mass is 234 g/mol. The Bertz CT molecular complexity index is 426. The predicted molar refractivity (Wildman–Crippen MR) is 62.6 cm³/mol. The van der Waals surface area contributed by atoms with E-state index in [-0.39, 0.29) is 18.1 Å². The third kappa shape index (κ3) is 4.23. The van der Waals surface area contributed by atoms with Crippen molar-refractivity contribution in [2.45, 2.75) is 19.3 Å². The maximum absolute atomic E-state index is 13.3. The fourth-order valence-electron chi connectivity index (χ4n) is 1.48. The van der Waals surface area contributed by atoms with Crippen LogP contribution in [0.3, 0.4) is 0 Å². The summed E-state index contributed by atoms with van der Waals surface area (Å²) in [4.78, 5) is 13.1. The van der Waals surface area contributed by atoms with Crippen molar-refractivity contribution in [3.63, 3.8) is 0 Å². The lowest BCUT2D eigenvalue weighted by molar-refractivity contribution is -0.129. The summed E-state index contributed by atoms with van der Waals surface area (Å²) in [6.07, 6.45) is 0.979. The van der Waals surface area contributed by atoms with Gasteiger partial charge in [-0.2, -0.15) is 5.26 Å². The van der Waals surface area contributed by atoms with Gasteiger partial charge in [-0.15, -0.1) is 0 Å². The van der Waals surface area contributed by atoms with Gasteiger partial charge in [-0.1, -0.05) is 18.2 Å². The van der Waals surface area contributed by atoms with E-state index in [1.165, 1.54) is 11.0 Å². The molecule has 0 spiro atoms. The summed E-state index contributed by atoms with van der Waals surface area (Å²) in [5.74, 6) is -0.344. The lowest BCUT2D eigenvalue weighted by Gasteiger charge is -2.15. The number of aryl methyl sites for hydroxylation is 1.